The molecule has 1 atom stereocenters. The zero-order valence-corrected chi connectivity index (χ0v) is 16.6. The number of hydrogen-bond donors (Lipinski definition) is 3. The number of aliphatic hydroxyl groups excluding tert-OH is 1. The maximum absolute atomic E-state index is 12.2. The molecule has 1 aromatic carbocycles. The third-order valence-electron chi connectivity index (χ3n) is 4.34. The number of benzene rings is 1. The normalized spacial score (nSPS) is 13.2. The van der Waals surface area contributed by atoms with Crippen LogP contribution in [0.25, 0.3) is 0 Å². The van der Waals surface area contributed by atoms with Gasteiger partial charge in [-0.2, -0.15) is 26.3 Å². The van der Waals surface area contributed by atoms with Gasteiger partial charge in [-0.15, -0.1) is 0 Å². The van der Waals surface area contributed by atoms with E-state index in [9.17, 15) is 41.0 Å². The summed E-state index contributed by atoms with van der Waals surface area (Å²) in [4.78, 5) is 23.9. The van der Waals surface area contributed by atoms with E-state index in [2.05, 4.69) is 0 Å². The van der Waals surface area contributed by atoms with Gasteiger partial charge in [0, 0.05) is 13.0 Å². The number of amides is 2. The molecule has 0 radical (unpaired) electrons. The minimum atomic E-state index is -4.96. The van der Waals surface area contributed by atoms with Crippen LogP contribution in [0.3, 0.4) is 0 Å². The van der Waals surface area contributed by atoms with E-state index in [4.69, 9.17) is 0 Å². The first-order valence-electron chi connectivity index (χ1n) is 9.56. The highest BCUT2D eigenvalue weighted by Crippen LogP contribution is 2.21. The number of halogens is 6. The molecule has 6 nitrogen and oxygen atoms in total. The number of carbonyl (C=O) groups is 2. The molecule has 31 heavy (non-hydrogen) atoms. The minimum absolute atomic E-state index is 0.0794. The van der Waals surface area contributed by atoms with E-state index in [1.54, 1.807) is 40.5 Å². The van der Waals surface area contributed by atoms with Gasteiger partial charge in [0.15, 0.2) is 0 Å². The fourth-order valence-electron chi connectivity index (χ4n) is 2.94. The van der Waals surface area contributed by atoms with Crippen LogP contribution in [0.5, 0.6) is 0 Å². The molecule has 1 unspecified atom stereocenters. The lowest BCUT2D eigenvalue weighted by Crippen LogP contribution is -2.38. The highest BCUT2D eigenvalue weighted by atomic mass is 19.4. The molecule has 0 bridgehead atoms. The summed E-state index contributed by atoms with van der Waals surface area (Å²) in [5, 5.41) is 12.5. The summed E-state index contributed by atoms with van der Waals surface area (Å²) in [6.45, 7) is -0.0257. The van der Waals surface area contributed by atoms with Gasteiger partial charge in [-0.05, 0) is 37.9 Å². The highest BCUT2D eigenvalue weighted by molar-refractivity contribution is 5.81. The Morgan fingerprint density at radius 3 is 2.13 bits per heavy atom. The summed E-state index contributed by atoms with van der Waals surface area (Å²) in [7, 11) is 0. The molecule has 0 spiro atoms. The van der Waals surface area contributed by atoms with Crippen molar-refractivity contribution in [3.05, 3.63) is 35.9 Å². The van der Waals surface area contributed by atoms with Crippen LogP contribution in [0, 0.1) is 0 Å². The Bertz CT molecular complexity index is 683. The Morgan fingerprint density at radius 1 is 0.968 bits per heavy atom. The number of aliphatic hydroxyl groups is 1. The number of carbonyl (C=O) groups excluding carboxylic acids is 2. The van der Waals surface area contributed by atoms with Gasteiger partial charge in [0.05, 0.1) is 12.6 Å². The topological polar surface area (TPSA) is 81.7 Å². The zero-order valence-electron chi connectivity index (χ0n) is 16.6. The second-order valence-electron chi connectivity index (χ2n) is 6.76. The molecular formula is C19H25F6N3O3. The van der Waals surface area contributed by atoms with E-state index in [1.165, 1.54) is 0 Å². The van der Waals surface area contributed by atoms with Crippen LogP contribution in [0.2, 0.25) is 0 Å². The number of rotatable bonds is 12. The summed E-state index contributed by atoms with van der Waals surface area (Å²) < 4.78 is 73.1. The van der Waals surface area contributed by atoms with E-state index in [0.717, 1.165) is 10.9 Å². The summed E-state index contributed by atoms with van der Waals surface area (Å²) in [6, 6.07) is 8.28. The van der Waals surface area contributed by atoms with Gasteiger partial charge in [-0.1, -0.05) is 30.3 Å². The lowest BCUT2D eigenvalue weighted by Gasteiger charge is -2.31. The predicted molar refractivity (Wildman–Crippen MR) is 99.6 cm³/mol. The van der Waals surface area contributed by atoms with Crippen molar-refractivity contribution in [3.8, 4) is 0 Å². The minimum Gasteiger partial charge on any atom is -0.394 e. The fourth-order valence-corrected chi connectivity index (χ4v) is 2.94. The lowest BCUT2D eigenvalue weighted by atomic mass is 10.0. The van der Waals surface area contributed by atoms with Crippen molar-refractivity contribution in [2.24, 2.45) is 0 Å². The third kappa shape index (κ3) is 11.0. The maximum Gasteiger partial charge on any atom is 0.484 e. The fraction of sp³-hybridized carbons (Fsp3) is 0.579. The second kappa shape index (κ2) is 12.5. The lowest BCUT2D eigenvalue weighted by molar-refractivity contribution is -0.173. The Kier molecular flexibility index (Phi) is 10.8. The summed E-state index contributed by atoms with van der Waals surface area (Å²) in [5.41, 5.74) is 0.745. The van der Waals surface area contributed by atoms with Gasteiger partial charge in [0.25, 0.3) is 0 Å². The van der Waals surface area contributed by atoms with Crippen LogP contribution in [-0.2, 0) is 9.59 Å². The van der Waals surface area contributed by atoms with Crippen molar-refractivity contribution in [2.45, 2.75) is 44.2 Å². The number of nitrogens with one attached hydrogen (secondary N) is 2. The predicted octanol–water partition coefficient (Wildman–Crippen LogP) is 2.90. The van der Waals surface area contributed by atoms with Crippen LogP contribution < -0.4 is 10.6 Å². The smallest absolute Gasteiger partial charge is 0.394 e. The third-order valence-corrected chi connectivity index (χ3v) is 4.34. The molecular weight excluding hydrogens is 432 g/mol. The molecule has 0 heterocycles. The van der Waals surface area contributed by atoms with Crippen LogP contribution in [0.4, 0.5) is 26.3 Å². The van der Waals surface area contributed by atoms with Crippen LogP contribution in [0.15, 0.2) is 30.3 Å². The highest BCUT2D eigenvalue weighted by Gasteiger charge is 2.38. The molecule has 0 fully saturated rings. The Morgan fingerprint density at radius 2 is 1.58 bits per heavy atom. The van der Waals surface area contributed by atoms with Gasteiger partial charge in [0.1, 0.15) is 0 Å². The van der Waals surface area contributed by atoms with E-state index in [1.807, 2.05) is 0 Å². The Hall–Kier alpha value is -2.34. The number of hydrogen-bond acceptors (Lipinski definition) is 4. The number of nitrogens with zero attached hydrogens (tertiary/aromatic N) is 1. The van der Waals surface area contributed by atoms with Gasteiger partial charge < -0.3 is 10.4 Å². The largest absolute Gasteiger partial charge is 0.484 e. The van der Waals surface area contributed by atoms with Gasteiger partial charge in [0.2, 0.25) is 5.91 Å². The van der Waals surface area contributed by atoms with Crippen molar-refractivity contribution in [2.75, 3.05) is 26.2 Å². The Labute approximate surface area is 175 Å². The summed E-state index contributed by atoms with van der Waals surface area (Å²) >= 11 is 0. The van der Waals surface area contributed by atoms with Crippen molar-refractivity contribution in [1.82, 2.24) is 15.5 Å². The number of unbranched alkanes of at least 4 members (excludes halogenated alkanes) is 1. The van der Waals surface area contributed by atoms with Crippen molar-refractivity contribution in [1.29, 1.82) is 0 Å². The molecule has 1 aromatic rings. The average molecular weight is 457 g/mol. The van der Waals surface area contributed by atoms with Gasteiger partial charge in [-0.25, -0.2) is 0 Å². The van der Waals surface area contributed by atoms with Crippen LogP contribution in [0.1, 0.15) is 37.3 Å². The quantitative estimate of drug-likeness (QED) is 0.256. The maximum atomic E-state index is 12.2. The van der Waals surface area contributed by atoms with E-state index in [0.29, 0.717) is 13.0 Å². The first-order valence-corrected chi connectivity index (χ1v) is 9.56. The van der Waals surface area contributed by atoms with E-state index >= 15 is 0 Å². The standard InChI is InChI=1S/C19H25F6N3O3/c20-18(21,22)17(31)26-10-4-5-11-28(12-6-9-16(30)27-19(23,24)25)15(13-29)14-7-2-1-3-8-14/h1-3,7-8,15,29H,4-6,9-13H2,(H,26,31)(H,27,30). The van der Waals surface area contributed by atoms with Crippen LogP contribution in [-0.4, -0.2) is 60.5 Å². The molecule has 176 valence electrons. The molecule has 0 aromatic heterocycles. The summed E-state index contributed by atoms with van der Waals surface area (Å²) in [5.74, 6) is -3.21. The van der Waals surface area contributed by atoms with Gasteiger partial charge >= 0.3 is 18.4 Å². The van der Waals surface area contributed by atoms with Crippen molar-refractivity contribution in [3.63, 3.8) is 0 Å². The molecule has 0 aliphatic carbocycles. The first-order chi connectivity index (χ1) is 14.4. The monoisotopic (exact) mass is 457 g/mol. The SMILES string of the molecule is O=C(CCCN(CCCCNC(=O)C(F)(F)F)C(CO)c1ccccc1)NC(F)(F)F. The molecule has 0 saturated carbocycles. The second-order valence-corrected chi connectivity index (χ2v) is 6.76. The first kappa shape index (κ1) is 26.7. The average Bonchev–Trinajstić information content (AvgIpc) is 2.66. The summed E-state index contributed by atoms with van der Waals surface area (Å²) in [6.07, 6.45) is -9.50. The molecule has 3 N–H and O–H groups in total. The van der Waals surface area contributed by atoms with E-state index < -0.39 is 30.3 Å². The number of alkyl halides is 6. The molecule has 0 saturated heterocycles. The van der Waals surface area contributed by atoms with E-state index in [-0.39, 0.29) is 39.0 Å². The van der Waals surface area contributed by atoms with Crippen LogP contribution >= 0.6 is 0 Å². The molecule has 1 rings (SSSR count). The molecule has 12 heteroatoms. The Balaban J connectivity index is 2.63. The molecule has 0 aliphatic rings. The zero-order chi connectivity index (χ0) is 23.5. The molecule has 2 amide bonds. The van der Waals surface area contributed by atoms with Crippen molar-refractivity contribution >= 4 is 11.8 Å². The molecule has 0 aliphatic heterocycles. The van der Waals surface area contributed by atoms with Gasteiger partial charge in [-0.3, -0.25) is 19.8 Å². The van der Waals surface area contributed by atoms with Crippen molar-refractivity contribution < 1.29 is 41.0 Å².